The fraction of sp³-hybridized carbons (Fsp3) is 0.391. The summed E-state index contributed by atoms with van der Waals surface area (Å²) < 4.78 is 25.9. The first kappa shape index (κ1) is 23.0. The molecule has 2 aromatic carbocycles. The summed E-state index contributed by atoms with van der Waals surface area (Å²) in [7, 11) is -3.64. The molecule has 2 aromatic rings. The number of aliphatic carboxylic acids is 1. The van der Waals surface area contributed by atoms with Crippen molar-refractivity contribution in [1.29, 1.82) is 0 Å². The smallest absolute Gasteiger partial charge is 0.331 e. The van der Waals surface area contributed by atoms with Crippen LogP contribution in [0.1, 0.15) is 42.6 Å². The SMILES string of the molecule is CCCc1ccc(-c2ccccc2C(=O)N2CC[C@H](NS(C)(=O)=O)[C@@]2(C)C(=O)O)cc1. The Morgan fingerprint density at radius 1 is 1.16 bits per heavy atom. The molecule has 1 saturated heterocycles. The van der Waals surface area contributed by atoms with E-state index in [0.29, 0.717) is 11.1 Å². The number of benzene rings is 2. The van der Waals surface area contributed by atoms with Gasteiger partial charge in [0, 0.05) is 12.1 Å². The molecule has 2 atom stereocenters. The number of nitrogens with zero attached hydrogens (tertiary/aromatic N) is 1. The Morgan fingerprint density at radius 2 is 1.81 bits per heavy atom. The van der Waals surface area contributed by atoms with Gasteiger partial charge in [-0.05, 0) is 42.5 Å². The number of nitrogens with one attached hydrogen (secondary N) is 1. The summed E-state index contributed by atoms with van der Waals surface area (Å²) in [5.74, 6) is -1.68. The van der Waals surface area contributed by atoms with Crippen molar-refractivity contribution in [1.82, 2.24) is 9.62 Å². The molecule has 166 valence electrons. The van der Waals surface area contributed by atoms with Crippen LogP contribution < -0.4 is 4.72 Å². The zero-order chi connectivity index (χ0) is 22.8. The van der Waals surface area contributed by atoms with Gasteiger partial charge in [0.25, 0.3) is 5.91 Å². The maximum absolute atomic E-state index is 13.5. The van der Waals surface area contributed by atoms with Crippen LogP contribution in [0.4, 0.5) is 0 Å². The average Bonchev–Trinajstić information content (AvgIpc) is 3.04. The van der Waals surface area contributed by atoms with E-state index < -0.39 is 33.5 Å². The standard InChI is InChI=1S/C23H28N2O5S/c1-4-7-16-10-12-17(13-11-16)18-8-5-6-9-19(18)21(26)25-15-14-20(24-31(3,29)30)23(25,2)22(27)28/h5-6,8-13,20,24H,4,7,14-15H2,1-3H3,(H,27,28)/t20-,23-/m0/s1. The Balaban J connectivity index is 1.99. The monoisotopic (exact) mass is 444 g/mol. The predicted octanol–water partition coefficient (Wildman–Crippen LogP) is 2.91. The quantitative estimate of drug-likeness (QED) is 0.683. The first-order valence-electron chi connectivity index (χ1n) is 10.3. The zero-order valence-electron chi connectivity index (χ0n) is 18.0. The third kappa shape index (κ3) is 4.65. The summed E-state index contributed by atoms with van der Waals surface area (Å²) in [4.78, 5) is 27.0. The van der Waals surface area contributed by atoms with Gasteiger partial charge in [-0.15, -0.1) is 0 Å². The first-order valence-corrected chi connectivity index (χ1v) is 12.2. The summed E-state index contributed by atoms with van der Waals surface area (Å²) in [6.45, 7) is 3.65. The minimum absolute atomic E-state index is 0.137. The number of carbonyl (C=O) groups excluding carboxylic acids is 1. The summed E-state index contributed by atoms with van der Waals surface area (Å²) in [5.41, 5.74) is 1.48. The molecule has 1 aliphatic rings. The van der Waals surface area contributed by atoms with Gasteiger partial charge in [0.15, 0.2) is 5.54 Å². The highest BCUT2D eigenvalue weighted by Crippen LogP contribution is 2.34. The summed E-state index contributed by atoms with van der Waals surface area (Å²) >= 11 is 0. The van der Waals surface area contributed by atoms with Gasteiger partial charge >= 0.3 is 5.97 Å². The van der Waals surface area contributed by atoms with Crippen molar-refractivity contribution in [3.05, 3.63) is 59.7 Å². The summed E-state index contributed by atoms with van der Waals surface area (Å²) in [5, 5.41) is 9.94. The van der Waals surface area contributed by atoms with Gasteiger partial charge in [-0.3, -0.25) is 4.79 Å². The lowest BCUT2D eigenvalue weighted by Gasteiger charge is -2.35. The van der Waals surface area contributed by atoms with E-state index in [0.717, 1.165) is 24.7 Å². The van der Waals surface area contributed by atoms with E-state index in [1.165, 1.54) is 17.4 Å². The van der Waals surface area contributed by atoms with Gasteiger partial charge in [-0.2, -0.15) is 0 Å². The molecule has 1 amide bonds. The Hall–Kier alpha value is -2.71. The minimum atomic E-state index is -3.64. The van der Waals surface area contributed by atoms with E-state index in [2.05, 4.69) is 11.6 Å². The Bertz CT molecular complexity index is 1080. The van der Waals surface area contributed by atoms with Gasteiger partial charge < -0.3 is 10.0 Å². The first-order chi connectivity index (χ1) is 14.6. The van der Waals surface area contributed by atoms with Gasteiger partial charge in [0.2, 0.25) is 10.0 Å². The van der Waals surface area contributed by atoms with Crippen molar-refractivity contribution < 1.29 is 23.1 Å². The second-order valence-corrected chi connectivity index (χ2v) is 9.91. The van der Waals surface area contributed by atoms with Gasteiger partial charge in [0.05, 0.1) is 12.3 Å². The number of sulfonamides is 1. The van der Waals surface area contributed by atoms with E-state index in [9.17, 15) is 23.1 Å². The zero-order valence-corrected chi connectivity index (χ0v) is 18.8. The Kier molecular flexibility index (Phi) is 6.52. The van der Waals surface area contributed by atoms with Crippen molar-refractivity contribution in [2.75, 3.05) is 12.8 Å². The minimum Gasteiger partial charge on any atom is -0.479 e. The lowest BCUT2D eigenvalue weighted by molar-refractivity contribution is -0.148. The maximum atomic E-state index is 13.5. The molecule has 7 nitrogen and oxygen atoms in total. The second-order valence-electron chi connectivity index (χ2n) is 8.13. The molecule has 0 bridgehead atoms. The van der Waals surface area contributed by atoms with Crippen molar-refractivity contribution in [3.8, 4) is 11.1 Å². The fourth-order valence-corrected chi connectivity index (χ4v) is 5.04. The largest absolute Gasteiger partial charge is 0.479 e. The molecule has 0 spiro atoms. The van der Waals surface area contributed by atoms with Crippen LogP contribution in [-0.4, -0.2) is 54.7 Å². The van der Waals surface area contributed by atoms with Crippen molar-refractivity contribution in [2.45, 2.75) is 44.7 Å². The average molecular weight is 445 g/mol. The van der Waals surface area contributed by atoms with Crippen LogP contribution in [0.25, 0.3) is 11.1 Å². The molecular formula is C23H28N2O5S. The molecular weight excluding hydrogens is 416 g/mol. The van der Waals surface area contributed by atoms with Gasteiger partial charge in [-0.1, -0.05) is 55.8 Å². The number of rotatable bonds is 7. The third-order valence-electron chi connectivity index (χ3n) is 5.88. The molecule has 0 unspecified atom stereocenters. The molecule has 3 rings (SSSR count). The summed E-state index contributed by atoms with van der Waals surface area (Å²) in [6, 6.07) is 14.2. The normalized spacial score (nSPS) is 21.3. The van der Waals surface area contributed by atoms with Crippen LogP contribution in [0.2, 0.25) is 0 Å². The van der Waals surface area contributed by atoms with Crippen LogP contribution in [0.15, 0.2) is 48.5 Å². The molecule has 0 aromatic heterocycles. The van der Waals surface area contributed by atoms with Crippen LogP contribution >= 0.6 is 0 Å². The van der Waals surface area contributed by atoms with Crippen LogP contribution in [0, 0.1) is 0 Å². The maximum Gasteiger partial charge on any atom is 0.331 e. The number of likely N-dealkylation sites (tertiary alicyclic amines) is 1. The third-order valence-corrected chi connectivity index (χ3v) is 6.59. The molecule has 1 aliphatic heterocycles. The van der Waals surface area contributed by atoms with E-state index in [1.807, 2.05) is 36.4 Å². The Morgan fingerprint density at radius 3 is 2.39 bits per heavy atom. The van der Waals surface area contributed by atoms with Crippen molar-refractivity contribution >= 4 is 21.9 Å². The lowest BCUT2D eigenvalue weighted by Crippen LogP contribution is -2.60. The van der Waals surface area contributed by atoms with Crippen LogP contribution in [0.5, 0.6) is 0 Å². The van der Waals surface area contributed by atoms with Gasteiger partial charge in [0.1, 0.15) is 0 Å². The molecule has 0 saturated carbocycles. The van der Waals surface area contributed by atoms with Crippen LogP contribution in [0.3, 0.4) is 0 Å². The molecule has 31 heavy (non-hydrogen) atoms. The highest BCUT2D eigenvalue weighted by atomic mass is 32.2. The number of hydrogen-bond acceptors (Lipinski definition) is 4. The van der Waals surface area contributed by atoms with Crippen molar-refractivity contribution in [2.24, 2.45) is 0 Å². The van der Waals surface area contributed by atoms with Crippen LogP contribution in [-0.2, 0) is 21.2 Å². The Labute approximate surface area is 183 Å². The van der Waals surface area contributed by atoms with E-state index in [4.69, 9.17) is 0 Å². The number of aryl methyl sites for hydroxylation is 1. The predicted molar refractivity (Wildman–Crippen MR) is 119 cm³/mol. The molecule has 1 heterocycles. The van der Waals surface area contributed by atoms with E-state index in [-0.39, 0.29) is 13.0 Å². The van der Waals surface area contributed by atoms with E-state index >= 15 is 0 Å². The number of carbonyl (C=O) groups is 2. The molecule has 8 heteroatoms. The molecule has 1 fully saturated rings. The molecule has 2 N–H and O–H groups in total. The number of hydrogen-bond donors (Lipinski definition) is 2. The highest BCUT2D eigenvalue weighted by molar-refractivity contribution is 7.88. The second kappa shape index (κ2) is 8.80. The molecule has 0 radical (unpaired) electrons. The summed E-state index contributed by atoms with van der Waals surface area (Å²) in [6.07, 6.45) is 3.22. The number of carboxylic acid groups (broad SMARTS) is 1. The number of amides is 1. The lowest BCUT2D eigenvalue weighted by atomic mass is 9.92. The topological polar surface area (TPSA) is 104 Å². The number of carboxylic acids is 1. The fourth-order valence-electron chi connectivity index (χ4n) is 4.18. The van der Waals surface area contributed by atoms with Crippen molar-refractivity contribution in [3.63, 3.8) is 0 Å². The highest BCUT2D eigenvalue weighted by Gasteiger charge is 2.54. The van der Waals surface area contributed by atoms with E-state index in [1.54, 1.807) is 12.1 Å². The van der Waals surface area contributed by atoms with Gasteiger partial charge in [-0.25, -0.2) is 17.9 Å². The molecule has 0 aliphatic carbocycles.